The fourth-order valence-corrected chi connectivity index (χ4v) is 2.72. The maximum atomic E-state index is 11.7. The number of amides is 1. The fraction of sp³-hybridized carbons (Fsp3) is 0.533. The van der Waals surface area contributed by atoms with E-state index in [1.165, 1.54) is 11.3 Å². The highest BCUT2D eigenvalue weighted by Crippen LogP contribution is 2.31. The molecule has 0 aromatic heterocycles. The van der Waals surface area contributed by atoms with Gasteiger partial charge in [0.2, 0.25) is 5.91 Å². The zero-order valence-corrected chi connectivity index (χ0v) is 10.9. The number of rotatable bonds is 4. The van der Waals surface area contributed by atoms with Crippen molar-refractivity contribution in [1.29, 1.82) is 0 Å². The summed E-state index contributed by atoms with van der Waals surface area (Å²) in [4.78, 5) is 14.1. The van der Waals surface area contributed by atoms with E-state index in [1.807, 2.05) is 0 Å². The molecule has 1 aromatic rings. The Hall–Kier alpha value is -1.51. The lowest BCUT2D eigenvalue weighted by atomic mass is 10.1. The highest BCUT2D eigenvalue weighted by molar-refractivity contribution is 5.77. The molecule has 96 valence electrons. The van der Waals surface area contributed by atoms with Crippen LogP contribution in [0.25, 0.3) is 0 Å². The summed E-state index contributed by atoms with van der Waals surface area (Å²) >= 11 is 0. The summed E-state index contributed by atoms with van der Waals surface area (Å²) in [5.74, 6) is 0.203. The second-order valence-corrected chi connectivity index (χ2v) is 5.47. The van der Waals surface area contributed by atoms with Crippen molar-refractivity contribution in [2.75, 3.05) is 11.4 Å². The van der Waals surface area contributed by atoms with Crippen molar-refractivity contribution < 1.29 is 4.79 Å². The molecular weight excluding hydrogens is 224 g/mol. The lowest BCUT2D eigenvalue weighted by molar-refractivity contribution is -0.121. The van der Waals surface area contributed by atoms with E-state index in [0.717, 1.165) is 25.8 Å². The van der Waals surface area contributed by atoms with E-state index in [-0.39, 0.29) is 5.91 Å². The lowest BCUT2D eigenvalue weighted by Crippen LogP contribution is -2.34. The third kappa shape index (κ3) is 2.35. The molecule has 0 bridgehead atoms. The van der Waals surface area contributed by atoms with Crippen molar-refractivity contribution in [2.45, 2.75) is 44.7 Å². The number of para-hydroxylation sites is 1. The molecule has 18 heavy (non-hydrogen) atoms. The van der Waals surface area contributed by atoms with Crippen molar-refractivity contribution in [3.05, 3.63) is 29.8 Å². The van der Waals surface area contributed by atoms with Crippen LogP contribution in [-0.4, -0.2) is 24.5 Å². The molecule has 2 aliphatic rings. The van der Waals surface area contributed by atoms with Crippen LogP contribution in [0.3, 0.4) is 0 Å². The van der Waals surface area contributed by atoms with Crippen LogP contribution in [-0.2, 0) is 11.2 Å². The van der Waals surface area contributed by atoms with E-state index in [2.05, 4.69) is 41.4 Å². The molecule has 1 heterocycles. The van der Waals surface area contributed by atoms with Gasteiger partial charge in [-0.25, -0.2) is 0 Å². The van der Waals surface area contributed by atoms with Gasteiger partial charge in [0.25, 0.3) is 0 Å². The molecule has 1 N–H and O–H groups in total. The van der Waals surface area contributed by atoms with E-state index in [1.54, 1.807) is 0 Å². The first-order valence-corrected chi connectivity index (χ1v) is 6.88. The normalized spacial score (nSPS) is 21.8. The van der Waals surface area contributed by atoms with Gasteiger partial charge in [-0.3, -0.25) is 4.79 Å². The maximum Gasteiger partial charge on any atom is 0.221 e. The van der Waals surface area contributed by atoms with Crippen molar-refractivity contribution in [2.24, 2.45) is 0 Å². The lowest BCUT2D eigenvalue weighted by Gasteiger charge is -2.24. The van der Waals surface area contributed by atoms with Crippen LogP contribution in [0.2, 0.25) is 0 Å². The number of carbonyl (C=O) groups is 1. The number of nitrogens with one attached hydrogen (secondary N) is 1. The first-order chi connectivity index (χ1) is 8.74. The zero-order valence-electron chi connectivity index (χ0n) is 10.9. The van der Waals surface area contributed by atoms with Crippen LogP contribution < -0.4 is 10.2 Å². The van der Waals surface area contributed by atoms with Gasteiger partial charge >= 0.3 is 0 Å². The fourth-order valence-electron chi connectivity index (χ4n) is 2.72. The van der Waals surface area contributed by atoms with Crippen LogP contribution in [0.1, 0.15) is 31.7 Å². The van der Waals surface area contributed by atoms with E-state index in [9.17, 15) is 4.79 Å². The number of hydrogen-bond donors (Lipinski definition) is 1. The average molecular weight is 244 g/mol. The van der Waals surface area contributed by atoms with E-state index >= 15 is 0 Å². The monoisotopic (exact) mass is 244 g/mol. The number of hydrogen-bond acceptors (Lipinski definition) is 2. The van der Waals surface area contributed by atoms with Crippen LogP contribution in [0, 0.1) is 0 Å². The molecular formula is C15H20N2O. The van der Waals surface area contributed by atoms with Gasteiger partial charge in [0, 0.05) is 30.7 Å². The Morgan fingerprint density at radius 2 is 2.17 bits per heavy atom. The van der Waals surface area contributed by atoms with Crippen molar-refractivity contribution >= 4 is 11.6 Å². The van der Waals surface area contributed by atoms with Crippen molar-refractivity contribution in [3.8, 4) is 0 Å². The topological polar surface area (TPSA) is 32.3 Å². The number of benzene rings is 1. The molecule has 3 rings (SSSR count). The Morgan fingerprint density at radius 3 is 2.94 bits per heavy atom. The summed E-state index contributed by atoms with van der Waals surface area (Å²) in [7, 11) is 0. The minimum atomic E-state index is 0.203. The van der Waals surface area contributed by atoms with Gasteiger partial charge in [0.05, 0.1) is 0 Å². The summed E-state index contributed by atoms with van der Waals surface area (Å²) in [6, 6.07) is 9.51. The molecule has 0 saturated heterocycles. The molecule has 1 amide bonds. The number of fused-ring (bicyclic) bond motifs is 1. The van der Waals surface area contributed by atoms with Gasteiger partial charge in [0.1, 0.15) is 0 Å². The molecule has 1 unspecified atom stereocenters. The predicted octanol–water partition coefficient (Wildman–Crippen LogP) is 2.11. The predicted molar refractivity (Wildman–Crippen MR) is 72.7 cm³/mol. The first-order valence-electron chi connectivity index (χ1n) is 6.88. The van der Waals surface area contributed by atoms with Gasteiger partial charge in [0.15, 0.2) is 0 Å². The standard InChI is InChI=1S/C15H20N2O/c1-11-10-12-4-2-3-5-14(12)17(11)9-8-15(18)16-13-6-7-13/h2-5,11,13H,6-10H2,1H3,(H,16,18). The Bertz CT molecular complexity index is 454. The summed E-state index contributed by atoms with van der Waals surface area (Å²) < 4.78 is 0. The largest absolute Gasteiger partial charge is 0.368 e. The summed E-state index contributed by atoms with van der Waals surface area (Å²) in [5.41, 5.74) is 2.72. The molecule has 1 aromatic carbocycles. The third-order valence-corrected chi connectivity index (χ3v) is 3.87. The number of nitrogens with zero attached hydrogens (tertiary/aromatic N) is 1. The summed E-state index contributed by atoms with van der Waals surface area (Å²) in [6.45, 7) is 3.07. The van der Waals surface area contributed by atoms with Gasteiger partial charge in [-0.2, -0.15) is 0 Å². The number of carbonyl (C=O) groups excluding carboxylic acids is 1. The zero-order chi connectivity index (χ0) is 12.5. The Morgan fingerprint density at radius 1 is 1.39 bits per heavy atom. The molecule has 1 aliphatic heterocycles. The maximum absolute atomic E-state index is 11.7. The highest BCUT2D eigenvalue weighted by Gasteiger charge is 2.27. The highest BCUT2D eigenvalue weighted by atomic mass is 16.1. The smallest absolute Gasteiger partial charge is 0.221 e. The Kier molecular flexibility index (Phi) is 2.98. The van der Waals surface area contributed by atoms with Crippen molar-refractivity contribution in [3.63, 3.8) is 0 Å². The SMILES string of the molecule is CC1Cc2ccccc2N1CCC(=O)NC1CC1. The van der Waals surface area contributed by atoms with E-state index in [0.29, 0.717) is 18.5 Å². The minimum Gasteiger partial charge on any atom is -0.368 e. The molecule has 3 heteroatoms. The molecule has 3 nitrogen and oxygen atoms in total. The average Bonchev–Trinajstić information content (AvgIpc) is 3.09. The van der Waals surface area contributed by atoms with Crippen LogP contribution in [0.4, 0.5) is 5.69 Å². The van der Waals surface area contributed by atoms with Crippen LogP contribution in [0.5, 0.6) is 0 Å². The first kappa shape index (κ1) is 11.6. The molecule has 1 saturated carbocycles. The molecule has 1 fully saturated rings. The Labute approximate surface area is 108 Å². The van der Waals surface area contributed by atoms with Crippen molar-refractivity contribution in [1.82, 2.24) is 5.32 Å². The minimum absolute atomic E-state index is 0.203. The summed E-state index contributed by atoms with van der Waals surface area (Å²) in [5, 5.41) is 3.05. The Balaban J connectivity index is 1.60. The van der Waals surface area contributed by atoms with Crippen LogP contribution in [0.15, 0.2) is 24.3 Å². The number of anilines is 1. The van der Waals surface area contributed by atoms with E-state index < -0.39 is 0 Å². The second kappa shape index (κ2) is 4.63. The quantitative estimate of drug-likeness (QED) is 0.879. The molecule has 0 spiro atoms. The molecule has 1 atom stereocenters. The van der Waals surface area contributed by atoms with Gasteiger partial charge < -0.3 is 10.2 Å². The van der Waals surface area contributed by atoms with Gasteiger partial charge in [-0.1, -0.05) is 18.2 Å². The molecule has 0 radical (unpaired) electrons. The van der Waals surface area contributed by atoms with E-state index in [4.69, 9.17) is 0 Å². The second-order valence-electron chi connectivity index (χ2n) is 5.47. The summed E-state index contributed by atoms with van der Waals surface area (Å²) in [6.07, 6.45) is 4.03. The van der Waals surface area contributed by atoms with Crippen LogP contribution >= 0.6 is 0 Å². The molecule has 1 aliphatic carbocycles. The van der Waals surface area contributed by atoms with Gasteiger partial charge in [-0.05, 0) is 37.8 Å². The third-order valence-electron chi connectivity index (χ3n) is 3.87. The van der Waals surface area contributed by atoms with Gasteiger partial charge in [-0.15, -0.1) is 0 Å².